The summed E-state index contributed by atoms with van der Waals surface area (Å²) in [6.07, 6.45) is 3.32. The molecule has 0 radical (unpaired) electrons. The van der Waals surface area contributed by atoms with Crippen LogP contribution in [-0.4, -0.2) is 16.7 Å². The molecule has 3 N–H and O–H groups in total. The zero-order valence-electron chi connectivity index (χ0n) is 5.97. The maximum absolute atomic E-state index is 8.64. The van der Waals surface area contributed by atoms with Crippen molar-refractivity contribution in [2.24, 2.45) is 5.73 Å². The Bertz CT molecular complexity index is 193. The van der Waals surface area contributed by atoms with Crippen LogP contribution in [-0.2, 0) is 0 Å². The SMILES string of the molecule is Cl.N[C@@H](CO)c1ccncc1. The maximum atomic E-state index is 8.64. The number of aliphatic hydroxyl groups is 1. The fraction of sp³-hybridized carbons (Fsp3) is 0.286. The van der Waals surface area contributed by atoms with Gasteiger partial charge in [0.2, 0.25) is 0 Å². The lowest BCUT2D eigenvalue weighted by Crippen LogP contribution is -2.14. The minimum absolute atomic E-state index is 0. The van der Waals surface area contributed by atoms with Gasteiger partial charge in [0.05, 0.1) is 12.6 Å². The third kappa shape index (κ3) is 2.84. The van der Waals surface area contributed by atoms with Crippen molar-refractivity contribution in [3.63, 3.8) is 0 Å². The maximum Gasteiger partial charge on any atom is 0.0624 e. The minimum Gasteiger partial charge on any atom is -0.394 e. The summed E-state index contributed by atoms with van der Waals surface area (Å²) in [5, 5.41) is 8.64. The Labute approximate surface area is 71.7 Å². The zero-order valence-corrected chi connectivity index (χ0v) is 6.79. The van der Waals surface area contributed by atoms with Crippen molar-refractivity contribution in [2.45, 2.75) is 6.04 Å². The third-order valence-corrected chi connectivity index (χ3v) is 1.33. The van der Waals surface area contributed by atoms with E-state index in [1.54, 1.807) is 24.5 Å². The molecule has 0 aliphatic heterocycles. The van der Waals surface area contributed by atoms with Crippen molar-refractivity contribution in [3.8, 4) is 0 Å². The van der Waals surface area contributed by atoms with Gasteiger partial charge in [-0.05, 0) is 17.7 Å². The van der Waals surface area contributed by atoms with Crippen LogP contribution in [0.25, 0.3) is 0 Å². The summed E-state index contributed by atoms with van der Waals surface area (Å²) in [6, 6.07) is 3.31. The molecule has 11 heavy (non-hydrogen) atoms. The number of rotatable bonds is 2. The molecule has 62 valence electrons. The molecule has 1 heterocycles. The molecule has 3 nitrogen and oxygen atoms in total. The van der Waals surface area contributed by atoms with E-state index < -0.39 is 0 Å². The van der Waals surface area contributed by atoms with Crippen LogP contribution >= 0.6 is 12.4 Å². The van der Waals surface area contributed by atoms with Gasteiger partial charge in [-0.25, -0.2) is 0 Å². The molecular weight excluding hydrogens is 164 g/mol. The van der Waals surface area contributed by atoms with Gasteiger partial charge in [-0.1, -0.05) is 0 Å². The fourth-order valence-corrected chi connectivity index (χ4v) is 0.716. The number of aromatic nitrogens is 1. The molecule has 0 aliphatic rings. The highest BCUT2D eigenvalue weighted by molar-refractivity contribution is 5.85. The predicted octanol–water partition coefficient (Wildman–Crippen LogP) is 0.496. The van der Waals surface area contributed by atoms with Crippen LogP contribution in [0.2, 0.25) is 0 Å². The van der Waals surface area contributed by atoms with Crippen LogP contribution in [0.5, 0.6) is 0 Å². The summed E-state index contributed by atoms with van der Waals surface area (Å²) in [5.74, 6) is 0. The second kappa shape index (κ2) is 5.07. The molecule has 0 spiro atoms. The second-order valence-electron chi connectivity index (χ2n) is 2.07. The second-order valence-corrected chi connectivity index (χ2v) is 2.07. The summed E-state index contributed by atoms with van der Waals surface area (Å²) >= 11 is 0. The van der Waals surface area contributed by atoms with Crippen LogP contribution in [0.1, 0.15) is 11.6 Å². The highest BCUT2D eigenvalue weighted by Gasteiger charge is 2.00. The molecule has 0 aliphatic carbocycles. The van der Waals surface area contributed by atoms with Gasteiger partial charge in [0.15, 0.2) is 0 Å². The van der Waals surface area contributed by atoms with Gasteiger partial charge in [0.25, 0.3) is 0 Å². The first-order chi connectivity index (χ1) is 4.84. The highest BCUT2D eigenvalue weighted by atomic mass is 35.5. The first-order valence-electron chi connectivity index (χ1n) is 3.11. The Kier molecular flexibility index (Phi) is 4.77. The van der Waals surface area contributed by atoms with E-state index in [0.717, 1.165) is 5.56 Å². The average Bonchev–Trinajstić information content (AvgIpc) is 2.05. The molecule has 0 aromatic carbocycles. The van der Waals surface area contributed by atoms with Gasteiger partial charge in [0.1, 0.15) is 0 Å². The number of nitrogens with two attached hydrogens (primary N) is 1. The van der Waals surface area contributed by atoms with Gasteiger partial charge in [0, 0.05) is 12.4 Å². The highest BCUT2D eigenvalue weighted by Crippen LogP contribution is 2.05. The molecule has 0 amide bonds. The molecule has 1 atom stereocenters. The number of hydrogen-bond acceptors (Lipinski definition) is 3. The molecule has 0 bridgehead atoms. The molecule has 4 heteroatoms. The summed E-state index contributed by atoms with van der Waals surface area (Å²) < 4.78 is 0. The topological polar surface area (TPSA) is 59.1 Å². The smallest absolute Gasteiger partial charge is 0.0624 e. The molecular formula is C7H11ClN2O. The normalized spacial score (nSPS) is 11.8. The van der Waals surface area contributed by atoms with Gasteiger partial charge < -0.3 is 10.8 Å². The van der Waals surface area contributed by atoms with E-state index in [-0.39, 0.29) is 25.1 Å². The Morgan fingerprint density at radius 2 is 2.00 bits per heavy atom. The summed E-state index contributed by atoms with van der Waals surface area (Å²) in [6.45, 7) is -0.0238. The zero-order chi connectivity index (χ0) is 7.40. The Balaban J connectivity index is 0.000001000. The molecule has 1 aromatic heterocycles. The van der Waals surface area contributed by atoms with Crippen molar-refractivity contribution in [1.82, 2.24) is 4.98 Å². The number of hydrogen-bond donors (Lipinski definition) is 2. The minimum atomic E-state index is -0.275. The fourth-order valence-electron chi connectivity index (χ4n) is 0.716. The summed E-state index contributed by atoms with van der Waals surface area (Å²) in [4.78, 5) is 3.82. The van der Waals surface area contributed by atoms with E-state index in [1.165, 1.54) is 0 Å². The van der Waals surface area contributed by atoms with E-state index >= 15 is 0 Å². The van der Waals surface area contributed by atoms with Crippen molar-refractivity contribution in [2.75, 3.05) is 6.61 Å². The van der Waals surface area contributed by atoms with Crippen molar-refractivity contribution < 1.29 is 5.11 Å². The first-order valence-corrected chi connectivity index (χ1v) is 3.11. The van der Waals surface area contributed by atoms with E-state index in [9.17, 15) is 0 Å². The lowest BCUT2D eigenvalue weighted by molar-refractivity contribution is 0.268. The number of aliphatic hydroxyl groups excluding tert-OH is 1. The van der Waals surface area contributed by atoms with Crippen LogP contribution in [0.4, 0.5) is 0 Å². The first kappa shape index (κ1) is 10.4. The monoisotopic (exact) mass is 174 g/mol. The predicted molar refractivity (Wildman–Crippen MR) is 45.5 cm³/mol. The van der Waals surface area contributed by atoms with Crippen LogP contribution in [0, 0.1) is 0 Å². The summed E-state index contributed by atoms with van der Waals surface area (Å²) in [5.41, 5.74) is 6.43. The quantitative estimate of drug-likeness (QED) is 0.687. The van der Waals surface area contributed by atoms with Crippen LogP contribution < -0.4 is 5.73 Å². The third-order valence-electron chi connectivity index (χ3n) is 1.33. The van der Waals surface area contributed by atoms with Crippen LogP contribution in [0.15, 0.2) is 24.5 Å². The van der Waals surface area contributed by atoms with Crippen molar-refractivity contribution in [1.29, 1.82) is 0 Å². The van der Waals surface area contributed by atoms with Crippen molar-refractivity contribution >= 4 is 12.4 Å². The lowest BCUT2D eigenvalue weighted by atomic mass is 10.1. The van der Waals surface area contributed by atoms with Crippen molar-refractivity contribution in [3.05, 3.63) is 30.1 Å². The summed E-state index contributed by atoms with van der Waals surface area (Å²) in [7, 11) is 0. The Morgan fingerprint density at radius 3 is 2.45 bits per heavy atom. The van der Waals surface area contributed by atoms with Gasteiger partial charge in [-0.15, -0.1) is 12.4 Å². The molecule has 0 saturated heterocycles. The largest absolute Gasteiger partial charge is 0.394 e. The number of nitrogens with zero attached hydrogens (tertiary/aromatic N) is 1. The number of pyridine rings is 1. The van der Waals surface area contributed by atoms with Gasteiger partial charge >= 0.3 is 0 Å². The average molecular weight is 175 g/mol. The Hall–Kier alpha value is -0.640. The van der Waals surface area contributed by atoms with E-state index in [4.69, 9.17) is 10.8 Å². The number of halogens is 1. The van der Waals surface area contributed by atoms with Gasteiger partial charge in [-0.3, -0.25) is 4.98 Å². The standard InChI is InChI=1S/C7H10N2O.ClH/c8-7(5-10)6-1-3-9-4-2-6;/h1-4,7,10H,5,8H2;1H/t7-;/m0./s1. The van der Waals surface area contributed by atoms with E-state index in [0.29, 0.717) is 0 Å². The van der Waals surface area contributed by atoms with Gasteiger partial charge in [-0.2, -0.15) is 0 Å². The van der Waals surface area contributed by atoms with E-state index in [2.05, 4.69) is 4.98 Å². The Morgan fingerprint density at radius 1 is 1.45 bits per heavy atom. The van der Waals surface area contributed by atoms with Crippen LogP contribution in [0.3, 0.4) is 0 Å². The van der Waals surface area contributed by atoms with E-state index in [1.807, 2.05) is 0 Å². The lowest BCUT2D eigenvalue weighted by Gasteiger charge is -2.05. The molecule has 0 saturated carbocycles. The molecule has 0 fully saturated rings. The molecule has 1 rings (SSSR count). The molecule has 0 unspecified atom stereocenters. The molecule has 1 aromatic rings.